The number of halogens is 1. The lowest BCUT2D eigenvalue weighted by molar-refractivity contribution is -0.122. The fourth-order valence-corrected chi connectivity index (χ4v) is 3.05. The molecule has 1 aliphatic carbocycles. The van der Waals surface area contributed by atoms with Gasteiger partial charge in [0.15, 0.2) is 5.75 Å². The largest absolute Gasteiger partial charge is 0.486 e. The van der Waals surface area contributed by atoms with Gasteiger partial charge in [-0.25, -0.2) is 14.4 Å². The van der Waals surface area contributed by atoms with E-state index in [9.17, 15) is 9.18 Å². The van der Waals surface area contributed by atoms with Crippen molar-refractivity contribution in [1.29, 1.82) is 0 Å². The summed E-state index contributed by atoms with van der Waals surface area (Å²) in [5.74, 6) is 1.58. The first-order chi connectivity index (χ1) is 12.7. The number of amides is 1. The number of anilines is 1. The lowest BCUT2D eigenvalue weighted by Gasteiger charge is -2.32. The van der Waals surface area contributed by atoms with E-state index in [0.717, 1.165) is 38.8 Å². The smallest absolute Gasteiger partial charge is 0.225 e. The Labute approximate surface area is 152 Å². The number of nitrogens with two attached hydrogens (primary N) is 1. The van der Waals surface area contributed by atoms with Crippen molar-refractivity contribution >= 4 is 11.9 Å². The van der Waals surface area contributed by atoms with E-state index in [1.165, 1.54) is 0 Å². The molecule has 0 spiro atoms. The summed E-state index contributed by atoms with van der Waals surface area (Å²) < 4.78 is 17.9. The minimum absolute atomic E-state index is 0.0810. The second-order valence-electron chi connectivity index (χ2n) is 6.98. The Morgan fingerprint density at radius 1 is 1.38 bits per heavy atom. The van der Waals surface area contributed by atoms with E-state index in [1.54, 1.807) is 12.4 Å². The molecule has 1 saturated carbocycles. The SMILES string of the molecule is NC/C(=C\F)COc1cnc(N2CCC[C@@H](CC(=O)NC3CC3)C2)nc1. The summed E-state index contributed by atoms with van der Waals surface area (Å²) >= 11 is 0. The van der Waals surface area contributed by atoms with Gasteiger partial charge in [0.1, 0.15) is 6.61 Å². The first-order valence-corrected chi connectivity index (χ1v) is 9.15. The van der Waals surface area contributed by atoms with E-state index >= 15 is 0 Å². The Bertz CT molecular complexity index is 633. The van der Waals surface area contributed by atoms with E-state index in [1.807, 2.05) is 0 Å². The fraction of sp³-hybridized carbons (Fsp3) is 0.611. The van der Waals surface area contributed by atoms with Gasteiger partial charge in [-0.1, -0.05) is 0 Å². The first-order valence-electron chi connectivity index (χ1n) is 9.15. The molecule has 3 N–H and O–H groups in total. The summed E-state index contributed by atoms with van der Waals surface area (Å²) in [7, 11) is 0. The lowest BCUT2D eigenvalue weighted by atomic mass is 9.94. The molecule has 1 aliphatic heterocycles. The normalized spacial score (nSPS) is 20.8. The van der Waals surface area contributed by atoms with Gasteiger partial charge >= 0.3 is 0 Å². The van der Waals surface area contributed by atoms with E-state index in [2.05, 4.69) is 20.2 Å². The Morgan fingerprint density at radius 3 is 2.81 bits per heavy atom. The van der Waals surface area contributed by atoms with Crippen LogP contribution in [0.15, 0.2) is 24.3 Å². The maximum atomic E-state index is 12.5. The fourth-order valence-electron chi connectivity index (χ4n) is 3.05. The van der Waals surface area contributed by atoms with Gasteiger partial charge in [0.2, 0.25) is 11.9 Å². The highest BCUT2D eigenvalue weighted by molar-refractivity contribution is 5.76. The maximum Gasteiger partial charge on any atom is 0.225 e. The van der Waals surface area contributed by atoms with Crippen LogP contribution in [-0.4, -0.2) is 48.2 Å². The number of piperidine rings is 1. The van der Waals surface area contributed by atoms with Crippen LogP contribution in [0.4, 0.5) is 10.3 Å². The zero-order valence-corrected chi connectivity index (χ0v) is 14.9. The van der Waals surface area contributed by atoms with Crippen LogP contribution in [0.1, 0.15) is 32.1 Å². The molecule has 142 valence electrons. The molecule has 1 aromatic heterocycles. The third-order valence-electron chi connectivity index (χ3n) is 4.67. The highest BCUT2D eigenvalue weighted by atomic mass is 19.1. The molecule has 3 rings (SSSR count). The van der Waals surface area contributed by atoms with E-state index in [4.69, 9.17) is 10.5 Å². The van der Waals surface area contributed by atoms with E-state index in [0.29, 0.717) is 42.0 Å². The Kier molecular flexibility index (Phi) is 6.38. The molecule has 0 bridgehead atoms. The van der Waals surface area contributed by atoms with Crippen molar-refractivity contribution in [2.24, 2.45) is 11.7 Å². The standard InChI is InChI=1S/C18H26FN5O2/c19-7-14(8-20)12-26-16-9-21-18(22-10-16)24-5-1-2-13(11-24)6-17(25)23-15-3-4-15/h7,9-10,13,15H,1-6,8,11-12,20H2,(H,23,25)/b14-7+/t13-/m0/s1. The number of aromatic nitrogens is 2. The van der Waals surface area contributed by atoms with Gasteiger partial charge < -0.3 is 20.7 Å². The van der Waals surface area contributed by atoms with Crippen LogP contribution >= 0.6 is 0 Å². The van der Waals surface area contributed by atoms with Crippen molar-refractivity contribution in [2.75, 3.05) is 31.1 Å². The Balaban J connectivity index is 1.50. The van der Waals surface area contributed by atoms with Gasteiger partial charge in [0.25, 0.3) is 0 Å². The molecule has 2 aliphatic rings. The number of rotatable bonds is 8. The van der Waals surface area contributed by atoms with Crippen molar-refractivity contribution in [3.8, 4) is 5.75 Å². The molecule has 0 radical (unpaired) electrons. The van der Waals surface area contributed by atoms with Crippen LogP contribution in [0.25, 0.3) is 0 Å². The van der Waals surface area contributed by atoms with Crippen LogP contribution in [0.3, 0.4) is 0 Å². The molecule has 1 saturated heterocycles. The van der Waals surface area contributed by atoms with Crippen LogP contribution < -0.4 is 20.7 Å². The van der Waals surface area contributed by atoms with Crippen LogP contribution in [0, 0.1) is 5.92 Å². The molecule has 1 atom stereocenters. The number of hydrogen-bond donors (Lipinski definition) is 2. The van der Waals surface area contributed by atoms with Crippen molar-refractivity contribution in [2.45, 2.75) is 38.1 Å². The average molecular weight is 363 g/mol. The molecule has 8 heteroatoms. The molecule has 0 unspecified atom stereocenters. The number of nitrogens with zero attached hydrogens (tertiary/aromatic N) is 3. The Hall–Kier alpha value is -2.22. The zero-order valence-electron chi connectivity index (χ0n) is 14.9. The monoisotopic (exact) mass is 363 g/mol. The molecule has 2 heterocycles. The molecule has 1 aromatic rings. The minimum atomic E-state index is 0.0810. The van der Waals surface area contributed by atoms with Crippen LogP contribution in [0.5, 0.6) is 5.75 Å². The van der Waals surface area contributed by atoms with Crippen LogP contribution in [-0.2, 0) is 4.79 Å². The third kappa shape index (κ3) is 5.39. The molecular weight excluding hydrogens is 337 g/mol. The summed E-state index contributed by atoms with van der Waals surface area (Å²) in [6, 6.07) is 0.407. The highest BCUT2D eigenvalue weighted by Crippen LogP contribution is 2.24. The summed E-state index contributed by atoms with van der Waals surface area (Å²) in [5.41, 5.74) is 5.76. The van der Waals surface area contributed by atoms with Gasteiger partial charge in [-0.15, -0.1) is 0 Å². The van der Waals surface area contributed by atoms with Gasteiger partial charge in [-0.05, 0) is 31.6 Å². The summed E-state index contributed by atoms with van der Waals surface area (Å²) in [5, 5.41) is 3.05. The number of carbonyl (C=O) groups is 1. The summed E-state index contributed by atoms with van der Waals surface area (Å²) in [6.07, 6.45) is 8.47. The second kappa shape index (κ2) is 8.93. The van der Waals surface area contributed by atoms with E-state index in [-0.39, 0.29) is 19.1 Å². The Morgan fingerprint density at radius 2 is 2.15 bits per heavy atom. The van der Waals surface area contributed by atoms with Crippen molar-refractivity contribution in [1.82, 2.24) is 15.3 Å². The van der Waals surface area contributed by atoms with Crippen molar-refractivity contribution in [3.05, 3.63) is 24.3 Å². The van der Waals surface area contributed by atoms with Crippen molar-refractivity contribution < 1.29 is 13.9 Å². The quantitative estimate of drug-likeness (QED) is 0.728. The molecule has 2 fully saturated rings. The number of nitrogens with one attached hydrogen (secondary N) is 1. The predicted octanol–water partition coefficient (Wildman–Crippen LogP) is 1.55. The highest BCUT2D eigenvalue weighted by Gasteiger charge is 2.27. The lowest BCUT2D eigenvalue weighted by Crippen LogP contribution is -2.39. The minimum Gasteiger partial charge on any atom is -0.486 e. The van der Waals surface area contributed by atoms with Crippen molar-refractivity contribution in [3.63, 3.8) is 0 Å². The predicted molar refractivity (Wildman–Crippen MR) is 96.5 cm³/mol. The first kappa shape index (κ1) is 18.6. The number of ether oxygens (including phenoxy) is 1. The van der Waals surface area contributed by atoms with Gasteiger partial charge in [0, 0.05) is 37.7 Å². The third-order valence-corrected chi connectivity index (χ3v) is 4.67. The van der Waals surface area contributed by atoms with Gasteiger partial charge in [0.05, 0.1) is 18.7 Å². The number of hydrogen-bond acceptors (Lipinski definition) is 6. The summed E-state index contributed by atoms with van der Waals surface area (Å²) in [4.78, 5) is 22.8. The zero-order chi connectivity index (χ0) is 18.4. The second-order valence-corrected chi connectivity index (χ2v) is 6.98. The molecule has 0 aromatic carbocycles. The van der Waals surface area contributed by atoms with E-state index < -0.39 is 0 Å². The van der Waals surface area contributed by atoms with Crippen LogP contribution in [0.2, 0.25) is 0 Å². The molecular formula is C18H26FN5O2. The number of carbonyl (C=O) groups excluding carboxylic acids is 1. The molecule has 26 heavy (non-hydrogen) atoms. The molecule has 1 amide bonds. The topological polar surface area (TPSA) is 93.4 Å². The van der Waals surface area contributed by atoms with Gasteiger partial charge in [-0.3, -0.25) is 4.79 Å². The maximum absolute atomic E-state index is 12.5. The molecule has 7 nitrogen and oxygen atoms in total. The summed E-state index contributed by atoms with van der Waals surface area (Å²) in [6.45, 7) is 1.85. The van der Waals surface area contributed by atoms with Gasteiger partial charge in [-0.2, -0.15) is 0 Å². The average Bonchev–Trinajstić information content (AvgIpc) is 3.47.